The lowest BCUT2D eigenvalue weighted by Crippen LogP contribution is -2.49. The van der Waals surface area contributed by atoms with Gasteiger partial charge in [0.15, 0.2) is 0 Å². The maximum Gasteiger partial charge on any atom is 0.237 e. The molecule has 0 aromatic carbocycles. The summed E-state index contributed by atoms with van der Waals surface area (Å²) in [7, 11) is 0. The third kappa shape index (κ3) is 2.49. The summed E-state index contributed by atoms with van der Waals surface area (Å²) in [5, 5.41) is 3.00. The first-order valence-corrected chi connectivity index (χ1v) is 6.45. The second-order valence-corrected chi connectivity index (χ2v) is 7.58. The summed E-state index contributed by atoms with van der Waals surface area (Å²) >= 11 is 0. The van der Waals surface area contributed by atoms with Gasteiger partial charge >= 0.3 is 0 Å². The highest BCUT2D eigenvalue weighted by Gasteiger charge is 2.64. The number of nitrogens with one attached hydrogen (secondary N) is 1. The van der Waals surface area contributed by atoms with E-state index in [9.17, 15) is 4.79 Å². The molecule has 1 atom stereocenters. The van der Waals surface area contributed by atoms with Crippen LogP contribution in [0.1, 0.15) is 48.5 Å². The van der Waals surface area contributed by atoms with Crippen LogP contribution in [0.15, 0.2) is 0 Å². The lowest BCUT2D eigenvalue weighted by molar-refractivity contribution is -0.124. The highest BCUT2D eigenvalue weighted by atomic mass is 16.2. The van der Waals surface area contributed by atoms with Crippen molar-refractivity contribution in [2.45, 2.75) is 54.5 Å². The fourth-order valence-corrected chi connectivity index (χ4v) is 2.55. The van der Waals surface area contributed by atoms with E-state index in [2.05, 4.69) is 33.0 Å². The summed E-state index contributed by atoms with van der Waals surface area (Å²) in [4.78, 5) is 11.9. The summed E-state index contributed by atoms with van der Waals surface area (Å²) < 4.78 is 0. The Morgan fingerprint density at radius 1 is 1.24 bits per heavy atom. The van der Waals surface area contributed by atoms with Crippen molar-refractivity contribution in [2.75, 3.05) is 6.54 Å². The van der Waals surface area contributed by atoms with Crippen LogP contribution in [0.2, 0.25) is 0 Å². The van der Waals surface area contributed by atoms with Crippen molar-refractivity contribution in [1.29, 1.82) is 0 Å². The number of amides is 1. The van der Waals surface area contributed by atoms with Crippen molar-refractivity contribution in [1.82, 2.24) is 5.32 Å². The maximum absolute atomic E-state index is 11.9. The zero-order chi connectivity index (χ0) is 13.6. The Hall–Kier alpha value is -0.570. The topological polar surface area (TPSA) is 55.1 Å². The van der Waals surface area contributed by atoms with E-state index in [1.807, 2.05) is 20.8 Å². The molecule has 3 nitrogen and oxygen atoms in total. The molecule has 0 spiro atoms. The smallest absolute Gasteiger partial charge is 0.237 e. The molecule has 0 saturated heterocycles. The van der Waals surface area contributed by atoms with Gasteiger partial charge in [-0.15, -0.1) is 0 Å². The summed E-state index contributed by atoms with van der Waals surface area (Å²) in [5.41, 5.74) is 6.37. The molecule has 0 aromatic heterocycles. The molecule has 3 heteroatoms. The molecule has 100 valence electrons. The van der Waals surface area contributed by atoms with Crippen molar-refractivity contribution >= 4 is 5.91 Å². The number of rotatable bonds is 3. The van der Waals surface area contributed by atoms with Crippen molar-refractivity contribution in [2.24, 2.45) is 27.9 Å². The van der Waals surface area contributed by atoms with E-state index >= 15 is 0 Å². The summed E-state index contributed by atoms with van der Waals surface area (Å²) in [5.74, 6) is 0.516. The van der Waals surface area contributed by atoms with Gasteiger partial charge in [-0.05, 0) is 22.2 Å². The highest BCUT2D eigenvalue weighted by Crippen LogP contribution is 2.67. The van der Waals surface area contributed by atoms with Gasteiger partial charge in [-0.3, -0.25) is 4.79 Å². The number of hydrogen-bond acceptors (Lipinski definition) is 2. The van der Waals surface area contributed by atoms with Crippen LogP contribution in [0.4, 0.5) is 0 Å². The van der Waals surface area contributed by atoms with Crippen LogP contribution in [0.3, 0.4) is 0 Å². The van der Waals surface area contributed by atoms with Crippen LogP contribution >= 0.6 is 0 Å². The lowest BCUT2D eigenvalue weighted by Gasteiger charge is -2.26. The van der Waals surface area contributed by atoms with Crippen molar-refractivity contribution in [3.8, 4) is 0 Å². The molecule has 0 heterocycles. The second kappa shape index (κ2) is 3.98. The Morgan fingerprint density at radius 2 is 1.65 bits per heavy atom. The van der Waals surface area contributed by atoms with E-state index in [-0.39, 0.29) is 11.3 Å². The first kappa shape index (κ1) is 14.5. The lowest BCUT2D eigenvalue weighted by atomic mass is 9.87. The molecule has 0 unspecified atom stereocenters. The average Bonchev–Trinajstić information content (AvgIpc) is 2.51. The molecule has 3 N–H and O–H groups in total. The van der Waals surface area contributed by atoms with Crippen LogP contribution in [0.25, 0.3) is 0 Å². The molecule has 1 amide bonds. The molecule has 1 rings (SSSR count). The summed E-state index contributed by atoms with van der Waals surface area (Å²) in [6.07, 6.45) is 0. The third-order valence-corrected chi connectivity index (χ3v) is 5.02. The van der Waals surface area contributed by atoms with Gasteiger partial charge in [0.2, 0.25) is 5.91 Å². The van der Waals surface area contributed by atoms with Gasteiger partial charge in [0.25, 0.3) is 0 Å². The van der Waals surface area contributed by atoms with Crippen LogP contribution in [-0.2, 0) is 4.79 Å². The van der Waals surface area contributed by atoms with Crippen LogP contribution in [-0.4, -0.2) is 18.5 Å². The number of hydrogen-bond donors (Lipinski definition) is 2. The fourth-order valence-electron chi connectivity index (χ4n) is 2.55. The predicted octanol–water partition coefficient (Wildman–Crippen LogP) is 2.16. The van der Waals surface area contributed by atoms with Crippen LogP contribution in [0, 0.1) is 22.2 Å². The predicted molar refractivity (Wildman–Crippen MR) is 71.5 cm³/mol. The van der Waals surface area contributed by atoms with Gasteiger partial charge in [0, 0.05) is 6.54 Å². The zero-order valence-corrected chi connectivity index (χ0v) is 12.3. The van der Waals surface area contributed by atoms with Crippen LogP contribution < -0.4 is 11.1 Å². The Kier molecular flexibility index (Phi) is 3.39. The molecule has 1 fully saturated rings. The SMILES string of the molecule is CC(C)(C)[C@@H](N)C(=O)NCC1C(C)(C)C1(C)C. The van der Waals surface area contributed by atoms with E-state index in [0.29, 0.717) is 16.7 Å². The third-order valence-electron chi connectivity index (χ3n) is 5.02. The normalized spacial score (nSPS) is 24.2. The highest BCUT2D eigenvalue weighted by molar-refractivity contribution is 5.82. The Morgan fingerprint density at radius 3 is 1.94 bits per heavy atom. The van der Waals surface area contributed by atoms with Crippen molar-refractivity contribution in [3.63, 3.8) is 0 Å². The molecular weight excluding hydrogens is 212 g/mol. The van der Waals surface area contributed by atoms with E-state index in [1.165, 1.54) is 0 Å². The van der Waals surface area contributed by atoms with E-state index < -0.39 is 6.04 Å². The molecule has 17 heavy (non-hydrogen) atoms. The van der Waals surface area contributed by atoms with E-state index in [4.69, 9.17) is 5.73 Å². The Bertz CT molecular complexity index is 299. The van der Waals surface area contributed by atoms with Gasteiger partial charge in [0.1, 0.15) is 0 Å². The molecular formula is C14H28N2O. The van der Waals surface area contributed by atoms with Gasteiger partial charge < -0.3 is 11.1 Å². The van der Waals surface area contributed by atoms with Crippen molar-refractivity contribution in [3.05, 3.63) is 0 Å². The first-order chi connectivity index (χ1) is 7.42. The Labute approximate surface area is 106 Å². The van der Waals surface area contributed by atoms with E-state index in [1.54, 1.807) is 0 Å². The van der Waals surface area contributed by atoms with Gasteiger partial charge in [-0.1, -0.05) is 48.5 Å². The number of carbonyl (C=O) groups excluding carboxylic acids is 1. The van der Waals surface area contributed by atoms with Gasteiger partial charge in [-0.25, -0.2) is 0 Å². The molecule has 0 aromatic rings. The minimum atomic E-state index is -0.438. The summed E-state index contributed by atoms with van der Waals surface area (Å²) in [6, 6.07) is -0.438. The average molecular weight is 240 g/mol. The Balaban J connectivity index is 2.47. The molecule has 0 bridgehead atoms. The minimum absolute atomic E-state index is 0.0315. The number of carbonyl (C=O) groups is 1. The fraction of sp³-hybridized carbons (Fsp3) is 0.929. The quantitative estimate of drug-likeness (QED) is 0.794. The monoisotopic (exact) mass is 240 g/mol. The number of nitrogens with two attached hydrogens (primary N) is 1. The molecule has 1 saturated carbocycles. The maximum atomic E-state index is 11.9. The van der Waals surface area contributed by atoms with Crippen LogP contribution in [0.5, 0.6) is 0 Å². The molecule has 0 aliphatic heterocycles. The minimum Gasteiger partial charge on any atom is -0.354 e. The molecule has 0 radical (unpaired) electrons. The van der Waals surface area contributed by atoms with E-state index in [0.717, 1.165) is 6.54 Å². The van der Waals surface area contributed by atoms with Crippen molar-refractivity contribution < 1.29 is 4.79 Å². The zero-order valence-electron chi connectivity index (χ0n) is 12.3. The largest absolute Gasteiger partial charge is 0.354 e. The van der Waals surface area contributed by atoms with Gasteiger partial charge in [-0.2, -0.15) is 0 Å². The first-order valence-electron chi connectivity index (χ1n) is 6.45. The summed E-state index contributed by atoms with van der Waals surface area (Å²) in [6.45, 7) is 15.7. The molecule has 1 aliphatic carbocycles. The second-order valence-electron chi connectivity index (χ2n) is 7.58. The van der Waals surface area contributed by atoms with Gasteiger partial charge in [0.05, 0.1) is 6.04 Å². The standard InChI is InChI=1S/C14H28N2O/c1-12(2,3)10(15)11(17)16-8-9-13(4,5)14(9,6)7/h9-10H,8,15H2,1-7H3,(H,16,17)/t10-/m0/s1. The molecule has 1 aliphatic rings.